The van der Waals surface area contributed by atoms with E-state index in [1.165, 1.54) is 76.3 Å². The van der Waals surface area contributed by atoms with Gasteiger partial charge in [0.05, 0.1) is 5.60 Å². The Hall–Kier alpha value is 0.390. The van der Waals surface area contributed by atoms with Crippen LogP contribution in [0.25, 0.3) is 0 Å². The SMILES string of the molecule is CCCCCCCCC(CCCP(CC)CC)C(C)(C)OCC. The Kier molecular flexibility index (Phi) is 15.0. The molecule has 0 rings (SSSR count). The molecule has 0 saturated carbocycles. The van der Waals surface area contributed by atoms with Gasteiger partial charge in [0, 0.05) is 6.61 Å². The zero-order chi connectivity index (χ0) is 17.6. The smallest absolute Gasteiger partial charge is 0.0654 e. The lowest BCUT2D eigenvalue weighted by atomic mass is 9.82. The van der Waals surface area contributed by atoms with Crippen molar-refractivity contribution in [3.63, 3.8) is 0 Å². The fourth-order valence-electron chi connectivity index (χ4n) is 3.60. The highest BCUT2D eigenvalue weighted by molar-refractivity contribution is 7.57. The van der Waals surface area contributed by atoms with Crippen LogP contribution >= 0.6 is 7.92 Å². The van der Waals surface area contributed by atoms with Crippen molar-refractivity contribution in [2.45, 2.75) is 105 Å². The zero-order valence-electron chi connectivity index (χ0n) is 17.1. The predicted molar refractivity (Wildman–Crippen MR) is 109 cm³/mol. The van der Waals surface area contributed by atoms with Crippen LogP contribution in [0.4, 0.5) is 0 Å². The molecule has 1 atom stereocenters. The van der Waals surface area contributed by atoms with Gasteiger partial charge in [0.2, 0.25) is 0 Å². The van der Waals surface area contributed by atoms with Crippen LogP contribution in [0.2, 0.25) is 0 Å². The van der Waals surface area contributed by atoms with Crippen molar-refractivity contribution < 1.29 is 4.74 Å². The Morgan fingerprint density at radius 1 is 0.783 bits per heavy atom. The van der Waals surface area contributed by atoms with E-state index in [0.717, 1.165) is 12.5 Å². The molecule has 0 spiro atoms. The molecule has 1 unspecified atom stereocenters. The van der Waals surface area contributed by atoms with E-state index in [2.05, 4.69) is 41.5 Å². The summed E-state index contributed by atoms with van der Waals surface area (Å²) in [5.41, 5.74) is 0.0549. The van der Waals surface area contributed by atoms with Gasteiger partial charge in [0.25, 0.3) is 0 Å². The van der Waals surface area contributed by atoms with E-state index in [1.807, 2.05) is 0 Å². The van der Waals surface area contributed by atoms with Crippen molar-refractivity contribution in [2.24, 2.45) is 5.92 Å². The van der Waals surface area contributed by atoms with Crippen LogP contribution in [0, 0.1) is 5.92 Å². The Bertz CT molecular complexity index is 248. The molecule has 0 N–H and O–H groups in total. The Morgan fingerprint density at radius 3 is 1.91 bits per heavy atom. The number of ether oxygens (including phenoxy) is 1. The van der Waals surface area contributed by atoms with Crippen LogP contribution in [0.15, 0.2) is 0 Å². The van der Waals surface area contributed by atoms with E-state index in [4.69, 9.17) is 4.74 Å². The average Bonchev–Trinajstić information content (AvgIpc) is 2.52. The van der Waals surface area contributed by atoms with Gasteiger partial charge in [-0.05, 0) is 64.4 Å². The number of rotatable bonds is 16. The molecule has 0 bridgehead atoms. The molecule has 0 aliphatic carbocycles. The fourth-order valence-corrected chi connectivity index (χ4v) is 5.31. The van der Waals surface area contributed by atoms with Gasteiger partial charge < -0.3 is 4.74 Å². The molecule has 23 heavy (non-hydrogen) atoms. The minimum Gasteiger partial charge on any atom is -0.376 e. The Labute approximate surface area is 149 Å². The molecule has 0 fully saturated rings. The first-order valence-corrected chi connectivity index (χ1v) is 12.3. The van der Waals surface area contributed by atoms with Crippen LogP contribution in [0.3, 0.4) is 0 Å². The molecule has 0 aliphatic heterocycles. The largest absolute Gasteiger partial charge is 0.376 e. The first-order chi connectivity index (χ1) is 11.0. The third-order valence-electron chi connectivity index (χ3n) is 5.33. The van der Waals surface area contributed by atoms with Crippen molar-refractivity contribution >= 4 is 7.92 Å². The Balaban J connectivity index is 4.24. The van der Waals surface area contributed by atoms with E-state index in [9.17, 15) is 0 Å². The van der Waals surface area contributed by atoms with Crippen LogP contribution < -0.4 is 0 Å². The van der Waals surface area contributed by atoms with Gasteiger partial charge in [-0.15, -0.1) is 7.92 Å². The molecule has 0 saturated heterocycles. The van der Waals surface area contributed by atoms with Crippen LogP contribution in [0.5, 0.6) is 0 Å². The molecule has 0 aromatic rings. The topological polar surface area (TPSA) is 9.23 Å². The maximum absolute atomic E-state index is 6.10. The van der Waals surface area contributed by atoms with E-state index in [0.29, 0.717) is 7.92 Å². The van der Waals surface area contributed by atoms with Gasteiger partial charge in [0.1, 0.15) is 0 Å². The van der Waals surface area contributed by atoms with Crippen molar-refractivity contribution in [3.8, 4) is 0 Å². The quantitative estimate of drug-likeness (QED) is 0.208. The van der Waals surface area contributed by atoms with Crippen molar-refractivity contribution in [1.29, 1.82) is 0 Å². The summed E-state index contributed by atoms with van der Waals surface area (Å²) >= 11 is 0. The molecular weight excluding hydrogens is 299 g/mol. The molecule has 0 aromatic carbocycles. The summed E-state index contributed by atoms with van der Waals surface area (Å²) < 4.78 is 6.10. The lowest BCUT2D eigenvalue weighted by molar-refractivity contribution is -0.0600. The van der Waals surface area contributed by atoms with Gasteiger partial charge in [-0.2, -0.15) is 0 Å². The summed E-state index contributed by atoms with van der Waals surface area (Å²) in [4.78, 5) is 0. The highest BCUT2D eigenvalue weighted by atomic mass is 31.1. The number of hydrogen-bond acceptors (Lipinski definition) is 1. The van der Waals surface area contributed by atoms with E-state index in [-0.39, 0.29) is 5.60 Å². The zero-order valence-corrected chi connectivity index (χ0v) is 18.0. The van der Waals surface area contributed by atoms with Crippen molar-refractivity contribution in [2.75, 3.05) is 25.1 Å². The predicted octanol–water partition coefficient (Wildman–Crippen LogP) is 7.47. The summed E-state index contributed by atoms with van der Waals surface area (Å²) in [6, 6.07) is 0. The lowest BCUT2D eigenvalue weighted by Gasteiger charge is -2.35. The number of hydrogen-bond donors (Lipinski definition) is 0. The molecule has 1 nitrogen and oxygen atoms in total. The molecule has 2 heteroatoms. The fraction of sp³-hybridized carbons (Fsp3) is 1.00. The summed E-state index contributed by atoms with van der Waals surface area (Å²) in [7, 11) is 0.306. The first kappa shape index (κ1) is 23.4. The van der Waals surface area contributed by atoms with Crippen LogP contribution in [0.1, 0.15) is 99.3 Å². The lowest BCUT2D eigenvalue weighted by Crippen LogP contribution is -2.34. The normalized spacial score (nSPS) is 13.7. The van der Waals surface area contributed by atoms with E-state index >= 15 is 0 Å². The second-order valence-corrected chi connectivity index (χ2v) is 10.5. The summed E-state index contributed by atoms with van der Waals surface area (Å²) in [5.74, 6) is 0.735. The second-order valence-electron chi connectivity index (χ2n) is 7.46. The second kappa shape index (κ2) is 14.7. The van der Waals surface area contributed by atoms with Crippen LogP contribution in [-0.4, -0.2) is 30.7 Å². The summed E-state index contributed by atoms with van der Waals surface area (Å²) in [5, 5.41) is 0. The molecule has 140 valence electrons. The first-order valence-electron chi connectivity index (χ1n) is 10.4. The molecule has 0 aliphatic rings. The third kappa shape index (κ3) is 11.5. The van der Waals surface area contributed by atoms with Gasteiger partial charge in [-0.1, -0.05) is 59.3 Å². The standard InChI is InChI=1S/C21H45OP/c1-7-11-12-13-14-15-17-20(21(5,6)22-8-2)18-16-19-23(9-3)10-4/h20H,7-19H2,1-6H3. The van der Waals surface area contributed by atoms with Crippen molar-refractivity contribution in [1.82, 2.24) is 0 Å². The van der Waals surface area contributed by atoms with E-state index in [1.54, 1.807) is 0 Å². The highest BCUT2D eigenvalue weighted by Gasteiger charge is 2.29. The summed E-state index contributed by atoms with van der Waals surface area (Å²) in [6.45, 7) is 14.7. The van der Waals surface area contributed by atoms with Gasteiger partial charge in [0.15, 0.2) is 0 Å². The maximum atomic E-state index is 6.10. The van der Waals surface area contributed by atoms with Gasteiger partial charge >= 0.3 is 0 Å². The molecule has 0 radical (unpaired) electrons. The highest BCUT2D eigenvalue weighted by Crippen LogP contribution is 2.37. The minimum absolute atomic E-state index is 0.0549. The van der Waals surface area contributed by atoms with E-state index < -0.39 is 0 Å². The van der Waals surface area contributed by atoms with Crippen molar-refractivity contribution in [3.05, 3.63) is 0 Å². The van der Waals surface area contributed by atoms with Gasteiger partial charge in [-0.3, -0.25) is 0 Å². The minimum atomic E-state index is 0.0549. The number of unbranched alkanes of at least 4 members (excludes halogenated alkanes) is 5. The van der Waals surface area contributed by atoms with Gasteiger partial charge in [-0.25, -0.2) is 0 Å². The average molecular weight is 345 g/mol. The third-order valence-corrected chi connectivity index (χ3v) is 8.06. The molecule has 0 amide bonds. The maximum Gasteiger partial charge on any atom is 0.0654 e. The summed E-state index contributed by atoms with van der Waals surface area (Å²) in [6.07, 6.45) is 16.8. The molecule has 0 heterocycles. The Morgan fingerprint density at radius 2 is 1.35 bits per heavy atom. The monoisotopic (exact) mass is 344 g/mol. The van der Waals surface area contributed by atoms with Crippen LogP contribution in [-0.2, 0) is 4.74 Å². The molecule has 0 aromatic heterocycles. The molecular formula is C21H45OP.